The van der Waals surface area contributed by atoms with Crippen LogP contribution in [0.2, 0.25) is 4.34 Å². The van der Waals surface area contributed by atoms with Crippen LogP contribution in [0.1, 0.15) is 18.2 Å². The first-order valence-electron chi connectivity index (χ1n) is 6.40. The van der Waals surface area contributed by atoms with Gasteiger partial charge in [-0.05, 0) is 25.0 Å². The van der Waals surface area contributed by atoms with Gasteiger partial charge in [-0.2, -0.15) is 0 Å². The number of carbonyl (C=O) groups excluding carboxylic acids is 1. The molecule has 2 rings (SSSR count). The molecule has 3 nitrogen and oxygen atoms in total. The molecule has 18 heavy (non-hydrogen) atoms. The molecule has 0 radical (unpaired) electrons. The summed E-state index contributed by atoms with van der Waals surface area (Å²) in [7, 11) is 0. The van der Waals surface area contributed by atoms with Gasteiger partial charge in [0.15, 0.2) is 0 Å². The van der Waals surface area contributed by atoms with E-state index in [9.17, 15) is 4.79 Å². The average molecular weight is 287 g/mol. The minimum Gasteiger partial charge on any atom is -0.340 e. The fourth-order valence-electron chi connectivity index (χ4n) is 2.17. The van der Waals surface area contributed by atoms with Crippen molar-refractivity contribution < 1.29 is 4.79 Å². The number of halogens is 1. The van der Waals surface area contributed by atoms with Crippen molar-refractivity contribution in [3.05, 3.63) is 21.3 Å². The molecule has 0 aromatic carbocycles. The highest BCUT2D eigenvalue weighted by Gasteiger charge is 2.21. The predicted molar refractivity (Wildman–Crippen MR) is 76.3 cm³/mol. The van der Waals surface area contributed by atoms with Gasteiger partial charge in [-0.15, -0.1) is 11.3 Å². The van der Waals surface area contributed by atoms with Gasteiger partial charge in [0.05, 0.1) is 4.34 Å². The normalized spacial score (nSPS) is 17.8. The molecule has 1 aliphatic heterocycles. The van der Waals surface area contributed by atoms with Gasteiger partial charge in [-0.1, -0.05) is 18.5 Å². The van der Waals surface area contributed by atoms with Crippen molar-refractivity contribution in [3.8, 4) is 0 Å². The van der Waals surface area contributed by atoms with Crippen LogP contribution in [0.5, 0.6) is 0 Å². The molecule has 5 heteroatoms. The summed E-state index contributed by atoms with van der Waals surface area (Å²) in [6.07, 6.45) is 1.84. The lowest BCUT2D eigenvalue weighted by Gasteiger charge is -2.29. The number of nitrogens with zero attached hydrogens (tertiary/aromatic N) is 1. The minimum atomic E-state index is 0.101. The quantitative estimate of drug-likeness (QED) is 0.922. The van der Waals surface area contributed by atoms with Crippen LogP contribution in [0.25, 0.3) is 0 Å². The van der Waals surface area contributed by atoms with Gasteiger partial charge in [-0.3, -0.25) is 4.79 Å². The summed E-state index contributed by atoms with van der Waals surface area (Å²) < 4.78 is 0.825. The van der Waals surface area contributed by atoms with Gasteiger partial charge in [-0.25, -0.2) is 0 Å². The Hall–Kier alpha value is -0.580. The maximum atomic E-state index is 12.2. The molecule has 1 N–H and O–H groups in total. The smallest absolute Gasteiger partial charge is 0.225 e. The van der Waals surface area contributed by atoms with E-state index in [1.807, 2.05) is 17.9 Å². The third kappa shape index (κ3) is 3.70. The number of hydrogen-bond donors (Lipinski definition) is 1. The molecule has 0 bridgehead atoms. The van der Waals surface area contributed by atoms with Crippen LogP contribution in [-0.2, 0) is 11.2 Å². The van der Waals surface area contributed by atoms with Crippen molar-refractivity contribution in [3.63, 3.8) is 0 Å². The third-order valence-electron chi connectivity index (χ3n) is 3.30. The molecular weight excluding hydrogens is 268 g/mol. The van der Waals surface area contributed by atoms with E-state index in [0.717, 1.165) is 43.4 Å². The Kier molecular flexibility index (Phi) is 5.03. The van der Waals surface area contributed by atoms with Crippen LogP contribution >= 0.6 is 22.9 Å². The van der Waals surface area contributed by atoms with Crippen LogP contribution < -0.4 is 5.32 Å². The summed E-state index contributed by atoms with van der Waals surface area (Å²) in [5, 5.41) is 3.26. The highest BCUT2D eigenvalue weighted by molar-refractivity contribution is 7.16. The number of amides is 1. The van der Waals surface area contributed by atoms with Crippen molar-refractivity contribution in [1.29, 1.82) is 0 Å². The molecule has 1 saturated heterocycles. The van der Waals surface area contributed by atoms with E-state index >= 15 is 0 Å². The molecule has 100 valence electrons. The number of nitrogens with one attached hydrogen (secondary N) is 1. The maximum absolute atomic E-state index is 12.2. The van der Waals surface area contributed by atoms with Gasteiger partial charge >= 0.3 is 0 Å². The molecule has 1 unspecified atom stereocenters. The molecule has 1 aromatic rings. The second-order valence-electron chi connectivity index (χ2n) is 4.72. The molecule has 0 aliphatic carbocycles. The van der Waals surface area contributed by atoms with E-state index in [1.54, 1.807) is 11.3 Å². The molecule has 0 saturated carbocycles. The standard InChI is InChI=1S/C13H19ClN2OS/c1-10(2-3-11-4-5-12(14)18-11)13(17)16-8-6-15-7-9-16/h4-5,10,15H,2-3,6-9H2,1H3. The Labute approximate surface area is 117 Å². The van der Waals surface area contributed by atoms with Crippen molar-refractivity contribution >= 4 is 28.8 Å². The van der Waals surface area contributed by atoms with Crippen molar-refractivity contribution in [2.45, 2.75) is 19.8 Å². The molecule has 2 heterocycles. The highest BCUT2D eigenvalue weighted by Crippen LogP contribution is 2.24. The maximum Gasteiger partial charge on any atom is 0.225 e. The zero-order valence-corrected chi connectivity index (χ0v) is 12.2. The molecule has 0 spiro atoms. The molecule has 1 aliphatic rings. The highest BCUT2D eigenvalue weighted by atomic mass is 35.5. The SMILES string of the molecule is CC(CCc1ccc(Cl)s1)C(=O)N1CCNCC1. The summed E-state index contributed by atoms with van der Waals surface area (Å²) in [4.78, 5) is 15.4. The topological polar surface area (TPSA) is 32.3 Å². The van der Waals surface area contributed by atoms with Crippen LogP contribution in [0.15, 0.2) is 12.1 Å². The Morgan fingerprint density at radius 2 is 2.22 bits per heavy atom. The summed E-state index contributed by atoms with van der Waals surface area (Å²) in [6.45, 7) is 5.54. The first-order chi connectivity index (χ1) is 8.66. The monoisotopic (exact) mass is 286 g/mol. The molecule has 1 aromatic heterocycles. The molecule has 1 atom stereocenters. The van der Waals surface area contributed by atoms with Crippen molar-refractivity contribution in [2.24, 2.45) is 5.92 Å². The lowest BCUT2D eigenvalue weighted by molar-refractivity contribution is -0.135. The molecule has 1 fully saturated rings. The number of thiophene rings is 1. The van der Waals surface area contributed by atoms with Crippen molar-refractivity contribution in [2.75, 3.05) is 26.2 Å². The van der Waals surface area contributed by atoms with Gasteiger partial charge in [0.25, 0.3) is 0 Å². The second-order valence-corrected chi connectivity index (χ2v) is 6.52. The Bertz CT molecular complexity index is 401. The van der Waals surface area contributed by atoms with Crippen LogP contribution in [-0.4, -0.2) is 37.0 Å². The number of aryl methyl sites for hydroxylation is 1. The first-order valence-corrected chi connectivity index (χ1v) is 7.60. The van der Waals surface area contributed by atoms with Gasteiger partial charge in [0, 0.05) is 37.0 Å². The first kappa shape index (κ1) is 13.8. The number of hydrogen-bond acceptors (Lipinski definition) is 3. The van der Waals surface area contributed by atoms with E-state index in [-0.39, 0.29) is 5.92 Å². The Morgan fingerprint density at radius 3 is 2.83 bits per heavy atom. The lowest BCUT2D eigenvalue weighted by Crippen LogP contribution is -2.48. The van der Waals surface area contributed by atoms with E-state index in [2.05, 4.69) is 11.4 Å². The van der Waals surface area contributed by atoms with Crippen LogP contribution in [0, 0.1) is 5.92 Å². The number of carbonyl (C=O) groups is 1. The second kappa shape index (κ2) is 6.55. The number of rotatable bonds is 4. The minimum absolute atomic E-state index is 0.101. The largest absolute Gasteiger partial charge is 0.340 e. The van der Waals surface area contributed by atoms with E-state index < -0.39 is 0 Å². The molecular formula is C13H19ClN2OS. The Balaban J connectivity index is 1.79. The third-order valence-corrected chi connectivity index (χ3v) is 4.59. The van der Waals surface area contributed by atoms with Crippen molar-refractivity contribution in [1.82, 2.24) is 10.2 Å². The van der Waals surface area contributed by atoms with E-state index in [4.69, 9.17) is 11.6 Å². The fraction of sp³-hybridized carbons (Fsp3) is 0.615. The molecule has 1 amide bonds. The zero-order chi connectivity index (χ0) is 13.0. The summed E-state index contributed by atoms with van der Waals surface area (Å²) in [6, 6.07) is 3.97. The average Bonchev–Trinajstić information content (AvgIpc) is 2.82. The van der Waals surface area contributed by atoms with Gasteiger partial charge < -0.3 is 10.2 Å². The predicted octanol–water partition coefficient (Wildman–Crippen LogP) is 2.40. The lowest BCUT2D eigenvalue weighted by atomic mass is 10.0. The van der Waals surface area contributed by atoms with Crippen LogP contribution in [0.4, 0.5) is 0 Å². The fourth-order valence-corrected chi connectivity index (χ4v) is 3.27. The summed E-state index contributed by atoms with van der Waals surface area (Å²) in [5.41, 5.74) is 0. The van der Waals surface area contributed by atoms with E-state index in [0.29, 0.717) is 5.91 Å². The Morgan fingerprint density at radius 1 is 1.50 bits per heavy atom. The summed E-state index contributed by atoms with van der Waals surface area (Å²) in [5.74, 6) is 0.392. The number of piperazine rings is 1. The van der Waals surface area contributed by atoms with Gasteiger partial charge in [0.2, 0.25) is 5.91 Å². The zero-order valence-electron chi connectivity index (χ0n) is 10.6. The van der Waals surface area contributed by atoms with Crippen LogP contribution in [0.3, 0.4) is 0 Å². The van der Waals surface area contributed by atoms with E-state index in [1.165, 1.54) is 4.88 Å². The van der Waals surface area contributed by atoms with Gasteiger partial charge in [0.1, 0.15) is 0 Å². The summed E-state index contributed by atoms with van der Waals surface area (Å²) >= 11 is 7.50.